The van der Waals surface area contributed by atoms with Gasteiger partial charge in [-0.1, -0.05) is 19.9 Å². The third kappa shape index (κ3) is 4.42. The molecule has 0 aliphatic carbocycles. The van der Waals surface area contributed by atoms with Crippen molar-refractivity contribution in [1.82, 2.24) is 4.90 Å². The molecule has 1 unspecified atom stereocenters. The van der Waals surface area contributed by atoms with E-state index in [1.807, 2.05) is 32.0 Å². The van der Waals surface area contributed by atoms with Crippen LogP contribution in [0.4, 0.5) is 0 Å². The van der Waals surface area contributed by atoms with E-state index < -0.39 is 9.84 Å². The van der Waals surface area contributed by atoms with Crippen LogP contribution >= 0.6 is 22.6 Å². The normalized spacial score (nSPS) is 20.7. The molecule has 0 radical (unpaired) electrons. The van der Waals surface area contributed by atoms with E-state index in [9.17, 15) is 13.2 Å². The molecular weight excluding hydrogens is 401 g/mol. The Bertz CT molecular complexity index is 628. The van der Waals surface area contributed by atoms with Crippen LogP contribution in [-0.2, 0) is 9.84 Å². The molecule has 0 saturated carbocycles. The Morgan fingerprint density at radius 1 is 1.43 bits per heavy atom. The van der Waals surface area contributed by atoms with E-state index in [1.165, 1.54) is 0 Å². The summed E-state index contributed by atoms with van der Waals surface area (Å²) in [5.74, 6) is 0.519. The van der Waals surface area contributed by atoms with Gasteiger partial charge in [0.05, 0.1) is 11.5 Å². The highest BCUT2D eigenvalue weighted by molar-refractivity contribution is 14.1. The fraction of sp³-hybridized carbons (Fsp3) is 0.533. The Hall–Kier alpha value is -0.630. The van der Waals surface area contributed by atoms with E-state index >= 15 is 0 Å². The zero-order chi connectivity index (χ0) is 15.6. The van der Waals surface area contributed by atoms with Crippen LogP contribution < -0.4 is 0 Å². The van der Waals surface area contributed by atoms with Crippen LogP contribution in [0.3, 0.4) is 0 Å². The molecule has 6 heteroatoms. The van der Waals surface area contributed by atoms with Gasteiger partial charge in [0.15, 0.2) is 9.84 Å². The number of nitrogens with zero attached hydrogens (tertiary/aromatic N) is 1. The second kappa shape index (κ2) is 6.64. The van der Waals surface area contributed by atoms with Gasteiger partial charge in [-0.25, -0.2) is 8.42 Å². The first-order chi connectivity index (χ1) is 9.78. The molecule has 1 atom stereocenters. The lowest BCUT2D eigenvalue weighted by atomic mass is 10.1. The zero-order valence-corrected chi connectivity index (χ0v) is 15.2. The molecule has 4 nitrogen and oxygen atoms in total. The van der Waals surface area contributed by atoms with Gasteiger partial charge >= 0.3 is 0 Å². The van der Waals surface area contributed by atoms with Crippen LogP contribution in [0.1, 0.15) is 30.6 Å². The van der Waals surface area contributed by atoms with Gasteiger partial charge in [-0.05, 0) is 53.1 Å². The van der Waals surface area contributed by atoms with Crippen LogP contribution in [0.25, 0.3) is 0 Å². The summed E-state index contributed by atoms with van der Waals surface area (Å²) in [5, 5.41) is 0. The highest BCUT2D eigenvalue weighted by atomic mass is 127. The van der Waals surface area contributed by atoms with Gasteiger partial charge in [0.25, 0.3) is 5.91 Å². The molecule has 1 aliphatic rings. The van der Waals surface area contributed by atoms with Gasteiger partial charge in [-0.2, -0.15) is 0 Å². The van der Waals surface area contributed by atoms with Crippen molar-refractivity contribution < 1.29 is 13.2 Å². The fourth-order valence-electron chi connectivity index (χ4n) is 2.60. The maximum atomic E-state index is 12.8. The van der Waals surface area contributed by atoms with E-state index in [1.54, 1.807) is 11.0 Å². The average Bonchev–Trinajstić information content (AvgIpc) is 2.75. The topological polar surface area (TPSA) is 54.5 Å². The molecule has 1 aromatic carbocycles. The number of carbonyl (C=O) groups excluding carboxylic acids is 1. The molecule has 0 spiro atoms. The quantitative estimate of drug-likeness (QED) is 0.703. The number of hydrogen-bond donors (Lipinski definition) is 0. The van der Waals surface area contributed by atoms with E-state index in [4.69, 9.17) is 0 Å². The summed E-state index contributed by atoms with van der Waals surface area (Å²) in [5.41, 5.74) is 0.631. The van der Waals surface area contributed by atoms with Gasteiger partial charge in [-0.15, -0.1) is 0 Å². The third-order valence-corrected chi connectivity index (χ3v) is 5.96. The molecule has 1 amide bonds. The number of amides is 1. The lowest BCUT2D eigenvalue weighted by Gasteiger charge is -2.30. The molecule has 0 N–H and O–H groups in total. The lowest BCUT2D eigenvalue weighted by molar-refractivity contribution is 0.0672. The molecule has 2 rings (SSSR count). The van der Waals surface area contributed by atoms with E-state index in [0.29, 0.717) is 24.4 Å². The number of benzene rings is 1. The number of hydrogen-bond acceptors (Lipinski definition) is 3. The minimum absolute atomic E-state index is 0.0654. The summed E-state index contributed by atoms with van der Waals surface area (Å²) in [7, 11) is -3.00. The highest BCUT2D eigenvalue weighted by Gasteiger charge is 2.35. The molecule has 1 aliphatic heterocycles. The second-order valence-corrected chi connectivity index (χ2v) is 9.39. The molecule has 116 valence electrons. The lowest BCUT2D eigenvalue weighted by Crippen LogP contribution is -2.43. The van der Waals surface area contributed by atoms with Crippen molar-refractivity contribution in [2.24, 2.45) is 5.92 Å². The average molecular weight is 421 g/mol. The van der Waals surface area contributed by atoms with Crippen molar-refractivity contribution in [3.05, 3.63) is 33.4 Å². The minimum Gasteiger partial charge on any atom is -0.334 e. The molecule has 0 bridgehead atoms. The summed E-state index contributed by atoms with van der Waals surface area (Å²) in [6, 6.07) is 7.24. The van der Waals surface area contributed by atoms with E-state index in [-0.39, 0.29) is 23.5 Å². The Balaban J connectivity index is 2.26. The molecule has 1 heterocycles. The standard InChI is InChI=1S/C15H20INO3S/c1-11(2)9-17(14-6-7-21(19,20)10-14)15(18)12-4-3-5-13(16)8-12/h3-5,8,11,14H,6-7,9-10H2,1-2H3. The molecular formula is C15H20INO3S. The zero-order valence-electron chi connectivity index (χ0n) is 12.3. The molecule has 1 aromatic rings. The van der Waals surface area contributed by atoms with Crippen molar-refractivity contribution in [2.45, 2.75) is 26.3 Å². The Morgan fingerprint density at radius 2 is 2.14 bits per heavy atom. The first-order valence-corrected chi connectivity index (χ1v) is 9.95. The van der Waals surface area contributed by atoms with Crippen molar-refractivity contribution in [3.63, 3.8) is 0 Å². The predicted octanol–water partition coefficient (Wildman–Crippen LogP) is 2.58. The summed E-state index contributed by atoms with van der Waals surface area (Å²) in [4.78, 5) is 14.5. The van der Waals surface area contributed by atoms with E-state index in [0.717, 1.165) is 3.57 Å². The SMILES string of the molecule is CC(C)CN(C(=O)c1cccc(I)c1)C1CCS(=O)(=O)C1. The summed E-state index contributed by atoms with van der Waals surface area (Å²) >= 11 is 2.17. The van der Waals surface area contributed by atoms with Crippen molar-refractivity contribution in [2.75, 3.05) is 18.1 Å². The summed E-state index contributed by atoms with van der Waals surface area (Å²) in [6.45, 7) is 4.67. The largest absolute Gasteiger partial charge is 0.334 e. The van der Waals surface area contributed by atoms with Crippen LogP contribution in [0.15, 0.2) is 24.3 Å². The Kier molecular flexibility index (Phi) is 5.29. The summed E-state index contributed by atoms with van der Waals surface area (Å²) < 4.78 is 24.4. The smallest absolute Gasteiger partial charge is 0.254 e. The van der Waals surface area contributed by atoms with Crippen LogP contribution in [0, 0.1) is 9.49 Å². The maximum absolute atomic E-state index is 12.8. The van der Waals surface area contributed by atoms with Gasteiger partial charge in [-0.3, -0.25) is 4.79 Å². The first kappa shape index (κ1) is 16.7. The maximum Gasteiger partial charge on any atom is 0.254 e. The number of rotatable bonds is 4. The fourth-order valence-corrected chi connectivity index (χ4v) is 4.87. The molecule has 0 aromatic heterocycles. The van der Waals surface area contributed by atoms with Crippen LogP contribution in [-0.4, -0.2) is 43.3 Å². The highest BCUT2D eigenvalue weighted by Crippen LogP contribution is 2.22. The number of sulfone groups is 1. The molecule has 1 saturated heterocycles. The van der Waals surface area contributed by atoms with Gasteiger partial charge in [0.2, 0.25) is 0 Å². The van der Waals surface area contributed by atoms with Gasteiger partial charge in [0, 0.05) is 21.7 Å². The first-order valence-electron chi connectivity index (χ1n) is 7.05. The predicted molar refractivity (Wildman–Crippen MR) is 92.1 cm³/mol. The minimum atomic E-state index is -3.00. The Labute approximate surface area is 140 Å². The molecule has 21 heavy (non-hydrogen) atoms. The van der Waals surface area contributed by atoms with Gasteiger partial charge in [0.1, 0.15) is 0 Å². The van der Waals surface area contributed by atoms with Crippen molar-refractivity contribution in [1.29, 1.82) is 0 Å². The third-order valence-electron chi connectivity index (χ3n) is 3.54. The Morgan fingerprint density at radius 3 is 2.67 bits per heavy atom. The van der Waals surface area contributed by atoms with Gasteiger partial charge < -0.3 is 4.90 Å². The number of halogens is 1. The van der Waals surface area contributed by atoms with Crippen LogP contribution in [0.5, 0.6) is 0 Å². The second-order valence-electron chi connectivity index (χ2n) is 5.92. The van der Waals surface area contributed by atoms with Crippen molar-refractivity contribution >= 4 is 38.3 Å². The van der Waals surface area contributed by atoms with Crippen LogP contribution in [0.2, 0.25) is 0 Å². The van der Waals surface area contributed by atoms with Crippen molar-refractivity contribution in [3.8, 4) is 0 Å². The number of carbonyl (C=O) groups is 1. The van der Waals surface area contributed by atoms with E-state index in [2.05, 4.69) is 22.6 Å². The monoisotopic (exact) mass is 421 g/mol. The summed E-state index contributed by atoms with van der Waals surface area (Å²) in [6.07, 6.45) is 0.546. The molecule has 1 fully saturated rings.